The van der Waals surface area contributed by atoms with Gasteiger partial charge in [0.2, 0.25) is 0 Å². The molecule has 4 rings (SSSR count). The van der Waals surface area contributed by atoms with E-state index in [0.29, 0.717) is 5.56 Å². The van der Waals surface area contributed by atoms with Gasteiger partial charge in [0.1, 0.15) is 11.5 Å². The number of benzene rings is 1. The number of imidazole rings is 1. The number of aryl methyl sites for hydroxylation is 1. The lowest BCUT2D eigenvalue weighted by molar-refractivity contribution is -0.150. The molecule has 164 valence electrons. The predicted octanol–water partition coefficient (Wildman–Crippen LogP) is 4.91. The maximum atomic E-state index is 12.3. The van der Waals surface area contributed by atoms with Crippen molar-refractivity contribution in [2.75, 3.05) is 25.1 Å². The van der Waals surface area contributed by atoms with Crippen molar-refractivity contribution in [2.45, 2.75) is 39.7 Å². The number of carbonyl (C=O) groups excluding carboxylic acids is 1. The van der Waals surface area contributed by atoms with Gasteiger partial charge in [0.25, 0.3) is 0 Å². The first-order valence-electron chi connectivity index (χ1n) is 10.5. The number of aliphatic hydroxyl groups is 1. The van der Waals surface area contributed by atoms with Crippen LogP contribution in [0.3, 0.4) is 0 Å². The van der Waals surface area contributed by atoms with Crippen LogP contribution in [-0.2, 0) is 9.53 Å². The van der Waals surface area contributed by atoms with Gasteiger partial charge in [0.15, 0.2) is 6.10 Å². The molecule has 0 saturated carbocycles. The number of methoxy groups -OCH3 is 1. The first-order valence-corrected chi connectivity index (χ1v) is 11.3. The lowest BCUT2D eigenvalue weighted by Gasteiger charge is -2.39. The summed E-state index contributed by atoms with van der Waals surface area (Å²) in [5.41, 5.74) is 4.29. The monoisotopic (exact) mass is 485 g/mol. The number of hydrogen-bond acceptors (Lipinski definition) is 5. The summed E-state index contributed by atoms with van der Waals surface area (Å²) in [4.78, 5) is 19.4. The molecule has 3 aromatic rings. The van der Waals surface area contributed by atoms with Gasteiger partial charge in [-0.3, -0.25) is 4.40 Å². The number of carbonyl (C=O) groups is 1. The van der Waals surface area contributed by atoms with Crippen molar-refractivity contribution in [3.05, 3.63) is 52.1 Å². The SMILES string of the molecule is COC(=O)[C@@H](O)c1c(C)cc2nc(-c3cccc(Br)c3)cn2c1N1CCC(C)(C)CC1. The molecule has 7 heteroatoms. The second-order valence-corrected chi connectivity index (χ2v) is 9.92. The van der Waals surface area contributed by atoms with Crippen molar-refractivity contribution < 1.29 is 14.6 Å². The number of esters is 1. The van der Waals surface area contributed by atoms with Gasteiger partial charge in [-0.2, -0.15) is 0 Å². The smallest absolute Gasteiger partial charge is 0.339 e. The Morgan fingerprint density at radius 2 is 1.97 bits per heavy atom. The molecule has 2 aromatic heterocycles. The van der Waals surface area contributed by atoms with E-state index < -0.39 is 12.1 Å². The Morgan fingerprint density at radius 3 is 2.61 bits per heavy atom. The summed E-state index contributed by atoms with van der Waals surface area (Å²) in [5, 5.41) is 10.9. The van der Waals surface area contributed by atoms with Crippen LogP contribution in [0.15, 0.2) is 41.0 Å². The van der Waals surface area contributed by atoms with E-state index >= 15 is 0 Å². The molecule has 0 spiro atoms. The molecule has 6 nitrogen and oxygen atoms in total. The summed E-state index contributed by atoms with van der Waals surface area (Å²) >= 11 is 3.53. The molecule has 0 amide bonds. The van der Waals surface area contributed by atoms with Crippen LogP contribution in [0.1, 0.15) is 43.9 Å². The Bertz CT molecular complexity index is 1130. The fourth-order valence-corrected chi connectivity index (χ4v) is 4.64. The highest BCUT2D eigenvalue weighted by Gasteiger charge is 2.32. The van der Waals surface area contributed by atoms with Crippen molar-refractivity contribution in [1.82, 2.24) is 9.38 Å². The quantitative estimate of drug-likeness (QED) is 0.532. The molecule has 1 atom stereocenters. The van der Waals surface area contributed by atoms with Crippen molar-refractivity contribution in [1.29, 1.82) is 0 Å². The largest absolute Gasteiger partial charge is 0.467 e. The predicted molar refractivity (Wildman–Crippen MR) is 125 cm³/mol. The number of halogens is 1. The second-order valence-electron chi connectivity index (χ2n) is 9.01. The van der Waals surface area contributed by atoms with E-state index in [4.69, 9.17) is 9.72 Å². The first kappa shape index (κ1) is 21.8. The lowest BCUT2D eigenvalue weighted by Crippen LogP contribution is -2.39. The van der Waals surface area contributed by atoms with Crippen LogP contribution in [0, 0.1) is 12.3 Å². The zero-order chi connectivity index (χ0) is 22.3. The molecule has 1 aliphatic heterocycles. The zero-order valence-electron chi connectivity index (χ0n) is 18.4. The summed E-state index contributed by atoms with van der Waals surface area (Å²) in [6, 6.07) is 9.93. The number of pyridine rings is 1. The fraction of sp³-hybridized carbons (Fsp3) is 0.417. The maximum Gasteiger partial charge on any atom is 0.339 e. The van der Waals surface area contributed by atoms with Gasteiger partial charge in [0.05, 0.1) is 12.8 Å². The summed E-state index contributed by atoms with van der Waals surface area (Å²) in [6.45, 7) is 8.16. The van der Waals surface area contributed by atoms with Crippen LogP contribution in [0.5, 0.6) is 0 Å². The maximum absolute atomic E-state index is 12.3. The minimum absolute atomic E-state index is 0.275. The molecule has 1 N–H and O–H groups in total. The Balaban J connectivity index is 1.91. The van der Waals surface area contributed by atoms with Crippen LogP contribution in [0.25, 0.3) is 16.9 Å². The minimum atomic E-state index is -1.35. The second kappa shape index (κ2) is 8.28. The van der Waals surface area contributed by atoms with Crippen LogP contribution in [0.2, 0.25) is 0 Å². The van der Waals surface area contributed by atoms with Gasteiger partial charge in [-0.05, 0) is 48.9 Å². The number of fused-ring (bicyclic) bond motifs is 1. The number of nitrogens with zero attached hydrogens (tertiary/aromatic N) is 3. The molecule has 0 aliphatic carbocycles. The number of hydrogen-bond donors (Lipinski definition) is 1. The summed E-state index contributed by atoms with van der Waals surface area (Å²) < 4.78 is 7.85. The van der Waals surface area contributed by atoms with Gasteiger partial charge in [-0.1, -0.05) is 41.9 Å². The third kappa shape index (κ3) is 4.21. The van der Waals surface area contributed by atoms with Crippen LogP contribution in [0.4, 0.5) is 5.82 Å². The Labute approximate surface area is 191 Å². The minimum Gasteiger partial charge on any atom is -0.467 e. The normalized spacial score (nSPS) is 17.0. The van der Waals surface area contributed by atoms with Crippen LogP contribution >= 0.6 is 15.9 Å². The molecule has 31 heavy (non-hydrogen) atoms. The summed E-state index contributed by atoms with van der Waals surface area (Å²) in [6.07, 6.45) is 2.70. The van der Waals surface area contributed by atoms with E-state index in [9.17, 15) is 9.90 Å². The van der Waals surface area contributed by atoms with Crippen molar-refractivity contribution in [3.8, 4) is 11.3 Å². The molecule has 1 aromatic carbocycles. The number of ether oxygens (including phenoxy) is 1. The number of aliphatic hydroxyl groups excluding tert-OH is 1. The molecule has 1 aliphatic rings. The first-order chi connectivity index (χ1) is 14.7. The van der Waals surface area contributed by atoms with Crippen LogP contribution in [-0.4, -0.2) is 40.7 Å². The zero-order valence-corrected chi connectivity index (χ0v) is 19.9. The molecule has 3 heterocycles. The highest BCUT2D eigenvalue weighted by Crippen LogP contribution is 2.38. The highest BCUT2D eigenvalue weighted by atomic mass is 79.9. The number of piperidine rings is 1. The van der Waals surface area contributed by atoms with E-state index in [2.05, 4.69) is 34.7 Å². The number of aromatic nitrogens is 2. The van der Waals surface area contributed by atoms with E-state index in [0.717, 1.165) is 58.7 Å². The van der Waals surface area contributed by atoms with Gasteiger partial charge in [-0.25, -0.2) is 9.78 Å². The molecule has 0 unspecified atom stereocenters. The van der Waals surface area contributed by atoms with Gasteiger partial charge in [0, 0.05) is 34.9 Å². The topological polar surface area (TPSA) is 67.1 Å². The number of rotatable bonds is 4. The standard InChI is InChI=1S/C24H28BrN3O3/c1-15-12-19-26-18(16-6-5-7-17(25)13-16)14-28(19)22(20(15)21(29)23(30)31-4)27-10-8-24(2,3)9-11-27/h5-7,12-14,21,29H,8-11H2,1-4H3/t21-/m0/s1. The Morgan fingerprint density at radius 1 is 1.26 bits per heavy atom. The van der Waals surface area contributed by atoms with E-state index in [1.165, 1.54) is 7.11 Å². The summed E-state index contributed by atoms with van der Waals surface area (Å²) in [7, 11) is 1.30. The van der Waals surface area contributed by atoms with E-state index in [-0.39, 0.29) is 5.41 Å². The highest BCUT2D eigenvalue weighted by molar-refractivity contribution is 9.10. The lowest BCUT2D eigenvalue weighted by atomic mass is 9.82. The van der Waals surface area contributed by atoms with Gasteiger partial charge in [-0.15, -0.1) is 0 Å². The molecular formula is C24H28BrN3O3. The Hall–Kier alpha value is -2.38. The average Bonchev–Trinajstić information content (AvgIpc) is 3.15. The van der Waals surface area contributed by atoms with E-state index in [1.807, 2.05) is 47.9 Å². The molecule has 0 bridgehead atoms. The average molecular weight is 486 g/mol. The number of anilines is 1. The van der Waals surface area contributed by atoms with Gasteiger partial charge >= 0.3 is 5.97 Å². The van der Waals surface area contributed by atoms with Crippen molar-refractivity contribution in [2.24, 2.45) is 5.41 Å². The van der Waals surface area contributed by atoms with Crippen LogP contribution < -0.4 is 4.90 Å². The third-order valence-electron chi connectivity index (χ3n) is 6.21. The molecule has 0 radical (unpaired) electrons. The Kier molecular flexibility index (Phi) is 5.83. The summed E-state index contributed by atoms with van der Waals surface area (Å²) in [5.74, 6) is 0.158. The molecular weight excluding hydrogens is 458 g/mol. The van der Waals surface area contributed by atoms with Crippen molar-refractivity contribution >= 4 is 33.4 Å². The van der Waals surface area contributed by atoms with Crippen molar-refractivity contribution in [3.63, 3.8) is 0 Å². The molecule has 1 fully saturated rings. The van der Waals surface area contributed by atoms with Gasteiger partial charge < -0.3 is 14.7 Å². The molecule has 1 saturated heterocycles. The fourth-order valence-electron chi connectivity index (χ4n) is 4.24. The van der Waals surface area contributed by atoms with E-state index in [1.54, 1.807) is 0 Å². The third-order valence-corrected chi connectivity index (χ3v) is 6.70.